The van der Waals surface area contributed by atoms with Gasteiger partial charge in [-0.1, -0.05) is 44.2 Å². The highest BCUT2D eigenvalue weighted by atomic mass is 16.2. The molecule has 1 amide bonds. The van der Waals surface area contributed by atoms with Crippen molar-refractivity contribution in [3.63, 3.8) is 0 Å². The van der Waals surface area contributed by atoms with Gasteiger partial charge in [-0.2, -0.15) is 0 Å². The number of hydrogen-bond acceptors (Lipinski definition) is 5. The summed E-state index contributed by atoms with van der Waals surface area (Å²) in [7, 11) is 0. The number of aryl methyl sites for hydroxylation is 1. The second-order valence-electron chi connectivity index (χ2n) is 8.50. The van der Waals surface area contributed by atoms with Crippen molar-refractivity contribution in [1.29, 1.82) is 0 Å². The van der Waals surface area contributed by atoms with E-state index in [1.54, 1.807) is 0 Å². The van der Waals surface area contributed by atoms with Crippen LogP contribution in [0, 0.1) is 6.92 Å². The van der Waals surface area contributed by atoms with Crippen molar-refractivity contribution in [1.82, 2.24) is 20.2 Å². The van der Waals surface area contributed by atoms with Crippen LogP contribution in [0.1, 0.15) is 55.7 Å². The second kappa shape index (κ2) is 8.49. The van der Waals surface area contributed by atoms with E-state index in [1.807, 2.05) is 25.1 Å². The summed E-state index contributed by atoms with van der Waals surface area (Å²) in [5.74, 6) is 2.34. The molecule has 2 aromatic rings. The first-order valence-corrected chi connectivity index (χ1v) is 10.7. The number of rotatable bonds is 6. The van der Waals surface area contributed by atoms with Crippen molar-refractivity contribution in [3.8, 4) is 0 Å². The predicted molar refractivity (Wildman–Crippen MR) is 115 cm³/mol. The van der Waals surface area contributed by atoms with Crippen LogP contribution in [0.4, 0.5) is 5.82 Å². The van der Waals surface area contributed by atoms with E-state index in [1.165, 1.54) is 0 Å². The number of nitrogens with one attached hydrogen (secondary N) is 1. The van der Waals surface area contributed by atoms with Gasteiger partial charge in [-0.3, -0.25) is 9.69 Å². The largest absolute Gasteiger partial charge is 0.354 e. The van der Waals surface area contributed by atoms with Crippen LogP contribution in [-0.4, -0.2) is 53.0 Å². The molecule has 6 heteroatoms. The fourth-order valence-corrected chi connectivity index (χ4v) is 3.87. The maximum Gasteiger partial charge on any atom is 0.242 e. The van der Waals surface area contributed by atoms with Crippen molar-refractivity contribution in [3.05, 3.63) is 53.5 Å². The van der Waals surface area contributed by atoms with Gasteiger partial charge in [-0.25, -0.2) is 9.97 Å². The molecule has 2 aliphatic rings. The number of piperazine rings is 1. The molecular weight excluding hydrogens is 362 g/mol. The van der Waals surface area contributed by atoms with Crippen LogP contribution in [0.15, 0.2) is 36.4 Å². The molecule has 0 radical (unpaired) electrons. The van der Waals surface area contributed by atoms with E-state index in [9.17, 15) is 4.79 Å². The molecule has 6 nitrogen and oxygen atoms in total. The molecule has 29 heavy (non-hydrogen) atoms. The number of amides is 1. The van der Waals surface area contributed by atoms with Crippen molar-refractivity contribution in [2.24, 2.45) is 0 Å². The zero-order valence-electron chi connectivity index (χ0n) is 17.6. The molecule has 4 rings (SSSR count). The summed E-state index contributed by atoms with van der Waals surface area (Å²) in [6.07, 6.45) is 2.21. The molecule has 1 atom stereocenters. The molecule has 2 heterocycles. The SMILES string of the molecule is Cc1cc(N2CCN([C@H](C(=O)NC3CC3)c3ccccc3)CC2)nc(C(C)C)n1. The van der Waals surface area contributed by atoms with Gasteiger partial charge in [0, 0.05) is 49.9 Å². The molecule has 1 aromatic heterocycles. The van der Waals surface area contributed by atoms with Crippen molar-refractivity contribution < 1.29 is 4.79 Å². The van der Waals surface area contributed by atoms with Gasteiger partial charge in [-0.05, 0) is 25.3 Å². The third-order valence-electron chi connectivity index (χ3n) is 5.67. The normalized spacial score (nSPS) is 18.7. The van der Waals surface area contributed by atoms with Gasteiger partial charge < -0.3 is 10.2 Å². The molecule has 1 aliphatic heterocycles. The van der Waals surface area contributed by atoms with Crippen LogP contribution in [0.3, 0.4) is 0 Å². The first-order valence-electron chi connectivity index (χ1n) is 10.7. The Morgan fingerprint density at radius 1 is 1.07 bits per heavy atom. The van der Waals surface area contributed by atoms with E-state index in [2.05, 4.69) is 52.1 Å². The molecule has 1 aromatic carbocycles. The summed E-state index contributed by atoms with van der Waals surface area (Å²) in [6.45, 7) is 9.65. The average Bonchev–Trinajstić information content (AvgIpc) is 3.53. The Morgan fingerprint density at radius 2 is 1.76 bits per heavy atom. The minimum Gasteiger partial charge on any atom is -0.354 e. The van der Waals surface area contributed by atoms with Gasteiger partial charge in [0.25, 0.3) is 0 Å². The van der Waals surface area contributed by atoms with Crippen LogP contribution in [0.25, 0.3) is 0 Å². The molecule has 154 valence electrons. The van der Waals surface area contributed by atoms with Crippen molar-refractivity contribution in [2.75, 3.05) is 31.1 Å². The van der Waals surface area contributed by atoms with E-state index in [0.29, 0.717) is 12.0 Å². The number of benzene rings is 1. The third kappa shape index (κ3) is 4.75. The first kappa shape index (κ1) is 19.8. The Balaban J connectivity index is 1.48. The Kier molecular flexibility index (Phi) is 5.81. The van der Waals surface area contributed by atoms with E-state index >= 15 is 0 Å². The summed E-state index contributed by atoms with van der Waals surface area (Å²) >= 11 is 0. The molecule has 1 aliphatic carbocycles. The summed E-state index contributed by atoms with van der Waals surface area (Å²) in [5.41, 5.74) is 2.08. The van der Waals surface area contributed by atoms with Gasteiger partial charge >= 0.3 is 0 Å². The lowest BCUT2D eigenvalue weighted by molar-refractivity contribution is -0.127. The topological polar surface area (TPSA) is 61.4 Å². The number of carbonyl (C=O) groups is 1. The van der Waals surface area contributed by atoms with Gasteiger partial charge in [0.1, 0.15) is 17.7 Å². The fraction of sp³-hybridized carbons (Fsp3) is 0.522. The first-order chi connectivity index (χ1) is 14.0. The summed E-state index contributed by atoms with van der Waals surface area (Å²) < 4.78 is 0. The number of carbonyl (C=O) groups excluding carboxylic acids is 1. The number of anilines is 1. The standard InChI is InChI=1S/C23H31N5O/c1-16(2)22-24-17(3)15-20(26-22)27-11-13-28(14-12-27)21(18-7-5-4-6-8-18)23(29)25-19-9-10-19/h4-8,15-16,19,21H,9-14H2,1-3H3,(H,25,29)/t21-/m0/s1. The van der Waals surface area contributed by atoms with Crippen LogP contribution in [0.2, 0.25) is 0 Å². The number of hydrogen-bond donors (Lipinski definition) is 1. The van der Waals surface area contributed by atoms with E-state index in [-0.39, 0.29) is 11.9 Å². The van der Waals surface area contributed by atoms with E-state index in [4.69, 9.17) is 4.98 Å². The maximum atomic E-state index is 13.0. The zero-order valence-corrected chi connectivity index (χ0v) is 17.6. The van der Waals surface area contributed by atoms with Crippen LogP contribution in [-0.2, 0) is 4.79 Å². The lowest BCUT2D eigenvalue weighted by atomic mass is 10.0. The minimum atomic E-state index is -0.225. The van der Waals surface area contributed by atoms with Crippen LogP contribution >= 0.6 is 0 Å². The lowest BCUT2D eigenvalue weighted by Gasteiger charge is -2.39. The maximum absolute atomic E-state index is 13.0. The predicted octanol–water partition coefficient (Wildman–Crippen LogP) is 3.05. The highest BCUT2D eigenvalue weighted by Gasteiger charge is 2.34. The fourth-order valence-electron chi connectivity index (χ4n) is 3.87. The molecule has 0 spiro atoms. The van der Waals surface area contributed by atoms with Crippen LogP contribution in [0.5, 0.6) is 0 Å². The lowest BCUT2D eigenvalue weighted by Crippen LogP contribution is -2.51. The third-order valence-corrected chi connectivity index (χ3v) is 5.67. The quantitative estimate of drug-likeness (QED) is 0.817. The molecule has 1 saturated carbocycles. The Bertz CT molecular complexity index is 842. The Morgan fingerprint density at radius 3 is 2.38 bits per heavy atom. The molecule has 2 fully saturated rings. The molecule has 0 unspecified atom stereocenters. The molecule has 1 saturated heterocycles. The monoisotopic (exact) mass is 393 g/mol. The summed E-state index contributed by atoms with van der Waals surface area (Å²) in [4.78, 5) is 27.0. The average molecular weight is 394 g/mol. The minimum absolute atomic E-state index is 0.132. The van der Waals surface area contributed by atoms with Crippen molar-refractivity contribution >= 4 is 11.7 Å². The highest BCUT2D eigenvalue weighted by molar-refractivity contribution is 5.83. The smallest absolute Gasteiger partial charge is 0.242 e. The van der Waals surface area contributed by atoms with Gasteiger partial charge in [0.2, 0.25) is 5.91 Å². The van der Waals surface area contributed by atoms with Crippen LogP contribution < -0.4 is 10.2 Å². The van der Waals surface area contributed by atoms with Gasteiger partial charge in [0.05, 0.1) is 0 Å². The van der Waals surface area contributed by atoms with E-state index in [0.717, 1.165) is 61.9 Å². The number of nitrogens with zero attached hydrogens (tertiary/aromatic N) is 4. The number of aromatic nitrogens is 2. The van der Waals surface area contributed by atoms with Gasteiger partial charge in [-0.15, -0.1) is 0 Å². The van der Waals surface area contributed by atoms with E-state index < -0.39 is 0 Å². The Hall–Kier alpha value is -2.47. The second-order valence-corrected chi connectivity index (χ2v) is 8.50. The molecule has 0 bridgehead atoms. The highest BCUT2D eigenvalue weighted by Crippen LogP contribution is 2.27. The van der Waals surface area contributed by atoms with Crippen molar-refractivity contribution in [2.45, 2.75) is 51.6 Å². The summed E-state index contributed by atoms with van der Waals surface area (Å²) in [5, 5.41) is 3.21. The van der Waals surface area contributed by atoms with Gasteiger partial charge in [0.15, 0.2) is 0 Å². The summed E-state index contributed by atoms with van der Waals surface area (Å²) in [6, 6.07) is 12.4. The molecular formula is C23H31N5O. The Labute approximate surface area is 173 Å². The molecule has 1 N–H and O–H groups in total. The zero-order chi connectivity index (χ0) is 20.4.